The number of hydrogen-bond acceptors (Lipinski definition) is 5. The summed E-state index contributed by atoms with van der Waals surface area (Å²) in [6.45, 7) is 1.02. The minimum absolute atomic E-state index is 0.270. The van der Waals surface area contributed by atoms with Gasteiger partial charge in [0.15, 0.2) is 0 Å². The Hall–Kier alpha value is -2.00. The third kappa shape index (κ3) is 8.28. The van der Waals surface area contributed by atoms with Crippen molar-refractivity contribution in [2.45, 2.75) is 80.0 Å². The fourth-order valence-electron chi connectivity index (χ4n) is 2.49. The molecule has 5 nitrogen and oxygen atoms in total. The summed E-state index contributed by atoms with van der Waals surface area (Å²) in [7, 11) is -4.27. The van der Waals surface area contributed by atoms with Gasteiger partial charge in [-0.05, 0) is 31.9 Å². The summed E-state index contributed by atoms with van der Waals surface area (Å²) in [6.07, 6.45) is -38.5. The molecule has 0 N–H and O–H groups in total. The van der Waals surface area contributed by atoms with E-state index in [1.807, 2.05) is 0 Å². The Kier molecular flexibility index (Phi) is 10.5. The van der Waals surface area contributed by atoms with Crippen LogP contribution >= 0.6 is 0 Å². The fourth-order valence-corrected chi connectivity index (χ4v) is 3.44. The van der Waals surface area contributed by atoms with Gasteiger partial charge in [-0.3, -0.25) is 4.18 Å². The average molecular weight is 642 g/mol. The number of hydrogen-bond donors (Lipinski definition) is 0. The van der Waals surface area contributed by atoms with Crippen molar-refractivity contribution < 1.29 is 87.9 Å². The maximum atomic E-state index is 13.6. The van der Waals surface area contributed by atoms with Crippen molar-refractivity contribution in [3.05, 3.63) is 29.8 Å². The Morgan fingerprint density at radius 3 is 1.57 bits per heavy atom. The van der Waals surface area contributed by atoms with Gasteiger partial charge in [-0.2, -0.15) is 74.3 Å². The summed E-state index contributed by atoms with van der Waals surface area (Å²) < 4.78 is 227. The van der Waals surface area contributed by atoms with Crippen molar-refractivity contribution in [2.24, 2.45) is 0 Å². The second kappa shape index (κ2) is 11.7. The Morgan fingerprint density at radius 2 is 1.10 bits per heavy atom. The first kappa shape index (κ1) is 36.0. The zero-order chi connectivity index (χ0) is 31.6. The molecule has 0 radical (unpaired) electrons. The van der Waals surface area contributed by atoms with Gasteiger partial charge in [0, 0.05) is 6.42 Å². The smallest absolute Gasteiger partial charge is 0.266 e. The van der Waals surface area contributed by atoms with Gasteiger partial charge in [0.1, 0.15) is 0 Å². The normalized spacial score (nSPS) is 15.0. The SMILES string of the molecule is Cc1ccc(S(=O)(=O)OCCCCCC(F)(F)OC(F)(F)C(F)(F)OC(F)(F)C(F)(F)C(F)(F)C(F)(F)F)cc1. The van der Waals surface area contributed by atoms with Gasteiger partial charge in [-0.1, -0.05) is 24.1 Å². The molecule has 0 atom stereocenters. The van der Waals surface area contributed by atoms with Gasteiger partial charge in [-0.25, -0.2) is 9.47 Å². The number of rotatable bonds is 15. The highest BCUT2D eigenvalue weighted by atomic mass is 32.2. The molecular weight excluding hydrogens is 625 g/mol. The molecule has 0 aliphatic heterocycles. The Bertz CT molecular complexity index is 1090. The van der Waals surface area contributed by atoms with Crippen molar-refractivity contribution in [1.29, 1.82) is 0 Å². The number of ether oxygens (including phenoxy) is 2. The Balaban J connectivity index is 2.75. The van der Waals surface area contributed by atoms with Crippen LogP contribution < -0.4 is 0 Å². The van der Waals surface area contributed by atoms with Crippen LogP contribution in [0.15, 0.2) is 29.2 Å². The lowest BCUT2D eigenvalue weighted by Gasteiger charge is -2.36. The zero-order valence-electron chi connectivity index (χ0n) is 19.5. The van der Waals surface area contributed by atoms with Crippen LogP contribution in [0.1, 0.15) is 31.2 Å². The minimum atomic E-state index is -7.92. The van der Waals surface area contributed by atoms with Crippen molar-refractivity contribution in [2.75, 3.05) is 6.61 Å². The van der Waals surface area contributed by atoms with Gasteiger partial charge < -0.3 is 0 Å². The number of halogens is 15. The molecule has 0 aliphatic carbocycles. The lowest BCUT2D eigenvalue weighted by Crippen LogP contribution is -2.64. The van der Waals surface area contributed by atoms with E-state index in [9.17, 15) is 74.3 Å². The molecule has 0 fully saturated rings. The van der Waals surface area contributed by atoms with Crippen molar-refractivity contribution in [3.8, 4) is 0 Å². The van der Waals surface area contributed by atoms with E-state index >= 15 is 0 Å². The van der Waals surface area contributed by atoms with Gasteiger partial charge in [0.05, 0.1) is 11.5 Å². The maximum Gasteiger partial charge on any atom is 0.460 e. The molecule has 0 amide bonds. The molecule has 0 saturated carbocycles. The highest BCUT2D eigenvalue weighted by molar-refractivity contribution is 7.86. The van der Waals surface area contributed by atoms with E-state index in [0.717, 1.165) is 0 Å². The maximum absolute atomic E-state index is 13.6. The standard InChI is InChI=1S/C19H17F15O5S/c1-11-5-7-12(8-6-11)40(35,36)37-10-4-2-3-9-13(20,21)38-18(31,32)19(33,34)39-17(29,30)15(24,25)14(22,23)16(26,27)28/h5-8H,2-4,9-10H2,1H3. The predicted molar refractivity (Wildman–Crippen MR) is 101 cm³/mol. The fraction of sp³-hybridized carbons (Fsp3) is 0.684. The number of aryl methyl sites for hydroxylation is 1. The number of benzene rings is 1. The molecule has 0 aliphatic rings. The summed E-state index contributed by atoms with van der Waals surface area (Å²) in [6, 6.07) is 5.21. The summed E-state index contributed by atoms with van der Waals surface area (Å²) >= 11 is 0. The van der Waals surface area contributed by atoms with Gasteiger partial charge in [0.2, 0.25) is 0 Å². The van der Waals surface area contributed by atoms with Crippen molar-refractivity contribution >= 4 is 10.1 Å². The zero-order valence-corrected chi connectivity index (χ0v) is 20.3. The van der Waals surface area contributed by atoms with Gasteiger partial charge in [0.25, 0.3) is 10.1 Å². The second-order valence-corrected chi connectivity index (χ2v) is 9.55. The lowest BCUT2D eigenvalue weighted by molar-refractivity contribution is -0.542. The molecule has 234 valence electrons. The first-order chi connectivity index (χ1) is 17.6. The summed E-state index contributed by atoms with van der Waals surface area (Å²) in [5.41, 5.74) is 0.701. The van der Waals surface area contributed by atoms with Crippen LogP contribution in [-0.4, -0.2) is 57.5 Å². The summed E-state index contributed by atoms with van der Waals surface area (Å²) in [5.74, 6) is -15.7. The average Bonchev–Trinajstić information content (AvgIpc) is 2.73. The third-order valence-corrected chi connectivity index (χ3v) is 5.98. The van der Waals surface area contributed by atoms with Crippen molar-refractivity contribution in [1.82, 2.24) is 0 Å². The monoisotopic (exact) mass is 642 g/mol. The molecule has 21 heteroatoms. The van der Waals surface area contributed by atoms with Gasteiger partial charge >= 0.3 is 42.5 Å². The molecule has 1 rings (SSSR count). The molecule has 0 saturated heterocycles. The first-order valence-corrected chi connectivity index (χ1v) is 11.7. The van der Waals surface area contributed by atoms with E-state index in [4.69, 9.17) is 0 Å². The van der Waals surface area contributed by atoms with Crippen LogP contribution in [0.3, 0.4) is 0 Å². The number of unbranched alkanes of at least 4 members (excludes halogenated alkanes) is 2. The van der Waals surface area contributed by atoms with E-state index in [0.29, 0.717) is 5.56 Å². The third-order valence-electron chi connectivity index (χ3n) is 4.65. The highest BCUT2D eigenvalue weighted by Gasteiger charge is 2.85. The molecular formula is C19H17F15O5S. The van der Waals surface area contributed by atoms with E-state index in [2.05, 4.69) is 8.92 Å². The molecule has 0 bridgehead atoms. The predicted octanol–water partition coefficient (Wildman–Crippen LogP) is 7.50. The van der Waals surface area contributed by atoms with Gasteiger partial charge in [-0.15, -0.1) is 0 Å². The molecule has 0 heterocycles. The first-order valence-electron chi connectivity index (χ1n) is 10.3. The summed E-state index contributed by atoms with van der Waals surface area (Å²) in [4.78, 5) is -0.270. The van der Waals surface area contributed by atoms with Crippen LogP contribution in [-0.2, 0) is 23.8 Å². The van der Waals surface area contributed by atoms with E-state index < -0.39 is 78.4 Å². The lowest BCUT2D eigenvalue weighted by atomic mass is 10.1. The molecule has 0 unspecified atom stereocenters. The largest absolute Gasteiger partial charge is 0.460 e. The summed E-state index contributed by atoms with van der Waals surface area (Å²) in [5, 5.41) is 0. The number of alkyl halides is 15. The topological polar surface area (TPSA) is 61.8 Å². The van der Waals surface area contributed by atoms with Crippen LogP contribution in [0.25, 0.3) is 0 Å². The van der Waals surface area contributed by atoms with E-state index in [1.54, 1.807) is 6.92 Å². The molecule has 1 aromatic carbocycles. The van der Waals surface area contributed by atoms with E-state index in [-0.39, 0.29) is 11.3 Å². The van der Waals surface area contributed by atoms with Crippen LogP contribution in [0.4, 0.5) is 65.9 Å². The Morgan fingerprint density at radius 1 is 0.625 bits per heavy atom. The Labute approximate surface area is 215 Å². The van der Waals surface area contributed by atoms with Crippen LogP contribution in [0.2, 0.25) is 0 Å². The molecule has 0 aromatic heterocycles. The second-order valence-electron chi connectivity index (χ2n) is 7.94. The quantitative estimate of drug-likeness (QED) is 0.113. The molecule has 1 aromatic rings. The van der Waals surface area contributed by atoms with Crippen LogP contribution in [0, 0.1) is 6.92 Å². The molecule has 0 spiro atoms. The highest BCUT2D eigenvalue weighted by Crippen LogP contribution is 2.56. The minimum Gasteiger partial charge on any atom is -0.266 e. The molecule has 40 heavy (non-hydrogen) atoms. The van der Waals surface area contributed by atoms with Crippen molar-refractivity contribution in [3.63, 3.8) is 0 Å². The van der Waals surface area contributed by atoms with E-state index in [1.165, 1.54) is 29.0 Å². The van der Waals surface area contributed by atoms with Crippen LogP contribution in [0.5, 0.6) is 0 Å².